The molecular weight excluding hydrogens is 254 g/mol. The van der Waals surface area contributed by atoms with Gasteiger partial charge in [0, 0.05) is 43.8 Å². The highest BCUT2D eigenvalue weighted by molar-refractivity contribution is 9.09. The Morgan fingerprint density at radius 2 is 2.27 bits per heavy atom. The largest absolute Gasteiger partial charge is 0.338 e. The third-order valence-corrected chi connectivity index (χ3v) is 3.85. The molecule has 1 rings (SSSR count). The number of halogens is 1. The Morgan fingerprint density at radius 1 is 1.53 bits per heavy atom. The molecule has 0 bridgehead atoms. The standard InChI is InChI=1S/C11H20BrN3/c1-9(8-12)10(2)13-5-4-11-14-6-7-15(11)3/h6-7,9-10,13H,4-5,8H2,1-3H3. The van der Waals surface area contributed by atoms with Gasteiger partial charge >= 0.3 is 0 Å². The molecule has 0 aliphatic rings. The van der Waals surface area contributed by atoms with E-state index in [9.17, 15) is 0 Å². The minimum absolute atomic E-state index is 0.546. The second-order valence-corrected chi connectivity index (χ2v) is 4.73. The molecule has 0 aromatic carbocycles. The molecule has 1 aromatic heterocycles. The molecule has 0 saturated carbocycles. The molecule has 2 atom stereocenters. The molecule has 0 radical (unpaired) electrons. The van der Waals surface area contributed by atoms with Crippen molar-refractivity contribution < 1.29 is 0 Å². The normalized spacial score (nSPS) is 15.2. The second kappa shape index (κ2) is 6.28. The maximum Gasteiger partial charge on any atom is 0.109 e. The van der Waals surface area contributed by atoms with Crippen LogP contribution < -0.4 is 5.32 Å². The first-order chi connectivity index (χ1) is 7.15. The van der Waals surface area contributed by atoms with Crippen molar-refractivity contribution in [3.8, 4) is 0 Å². The van der Waals surface area contributed by atoms with Gasteiger partial charge in [-0.05, 0) is 12.8 Å². The van der Waals surface area contributed by atoms with E-state index in [0.29, 0.717) is 12.0 Å². The molecule has 0 aliphatic heterocycles. The molecule has 2 unspecified atom stereocenters. The summed E-state index contributed by atoms with van der Waals surface area (Å²) < 4.78 is 2.07. The van der Waals surface area contributed by atoms with Crippen LogP contribution in [0.3, 0.4) is 0 Å². The summed E-state index contributed by atoms with van der Waals surface area (Å²) in [4.78, 5) is 4.29. The summed E-state index contributed by atoms with van der Waals surface area (Å²) in [5, 5.41) is 4.56. The van der Waals surface area contributed by atoms with E-state index in [0.717, 1.165) is 24.1 Å². The van der Waals surface area contributed by atoms with Crippen LogP contribution in [0.25, 0.3) is 0 Å². The van der Waals surface area contributed by atoms with E-state index in [1.807, 2.05) is 19.4 Å². The summed E-state index contributed by atoms with van der Waals surface area (Å²) in [5.74, 6) is 1.80. The number of rotatable bonds is 6. The highest BCUT2D eigenvalue weighted by Gasteiger charge is 2.09. The van der Waals surface area contributed by atoms with Crippen LogP contribution in [0.4, 0.5) is 0 Å². The Labute approximate surface area is 100 Å². The number of hydrogen-bond acceptors (Lipinski definition) is 2. The fraction of sp³-hybridized carbons (Fsp3) is 0.727. The summed E-state index contributed by atoms with van der Waals surface area (Å²) in [6, 6.07) is 0.546. The number of nitrogens with zero attached hydrogens (tertiary/aromatic N) is 2. The van der Waals surface area contributed by atoms with Crippen LogP contribution in [-0.4, -0.2) is 27.5 Å². The summed E-state index contributed by atoms with van der Waals surface area (Å²) in [5.41, 5.74) is 0. The predicted molar refractivity (Wildman–Crippen MR) is 67.3 cm³/mol. The van der Waals surface area contributed by atoms with E-state index in [-0.39, 0.29) is 0 Å². The minimum atomic E-state index is 0.546. The first-order valence-corrected chi connectivity index (χ1v) is 6.52. The van der Waals surface area contributed by atoms with E-state index >= 15 is 0 Å². The number of alkyl halides is 1. The van der Waals surface area contributed by atoms with Crippen molar-refractivity contribution in [1.29, 1.82) is 0 Å². The van der Waals surface area contributed by atoms with E-state index in [1.54, 1.807) is 0 Å². The van der Waals surface area contributed by atoms with Gasteiger partial charge in [0.05, 0.1) is 0 Å². The molecule has 1 aromatic rings. The number of nitrogens with one attached hydrogen (secondary N) is 1. The first-order valence-electron chi connectivity index (χ1n) is 5.40. The number of aryl methyl sites for hydroxylation is 1. The fourth-order valence-electron chi connectivity index (χ4n) is 1.38. The van der Waals surface area contributed by atoms with Gasteiger partial charge in [0.15, 0.2) is 0 Å². The average molecular weight is 274 g/mol. The van der Waals surface area contributed by atoms with E-state index in [1.165, 1.54) is 0 Å². The van der Waals surface area contributed by atoms with E-state index in [4.69, 9.17) is 0 Å². The summed E-state index contributed by atoms with van der Waals surface area (Å²) in [7, 11) is 2.03. The molecule has 1 heterocycles. The van der Waals surface area contributed by atoms with Crippen molar-refractivity contribution in [2.24, 2.45) is 13.0 Å². The lowest BCUT2D eigenvalue weighted by Gasteiger charge is -2.19. The molecule has 0 aliphatic carbocycles. The molecule has 0 amide bonds. The Hall–Kier alpha value is -0.350. The average Bonchev–Trinajstić information content (AvgIpc) is 2.63. The van der Waals surface area contributed by atoms with Crippen LogP contribution in [0, 0.1) is 5.92 Å². The Kier molecular flexibility index (Phi) is 5.32. The Bertz CT molecular complexity index is 285. The van der Waals surface area contributed by atoms with Crippen molar-refractivity contribution in [2.75, 3.05) is 11.9 Å². The number of aromatic nitrogens is 2. The molecule has 15 heavy (non-hydrogen) atoms. The lowest BCUT2D eigenvalue weighted by molar-refractivity contribution is 0.434. The van der Waals surface area contributed by atoms with Crippen LogP contribution in [0.2, 0.25) is 0 Å². The maximum absolute atomic E-state index is 4.29. The van der Waals surface area contributed by atoms with Crippen molar-refractivity contribution in [3.05, 3.63) is 18.2 Å². The van der Waals surface area contributed by atoms with Gasteiger partial charge in [0.2, 0.25) is 0 Å². The molecule has 0 saturated heterocycles. The predicted octanol–water partition coefficient (Wildman–Crippen LogP) is 1.97. The zero-order valence-corrected chi connectivity index (χ0v) is 11.3. The van der Waals surface area contributed by atoms with Crippen molar-refractivity contribution in [1.82, 2.24) is 14.9 Å². The van der Waals surface area contributed by atoms with Gasteiger partial charge in [0.1, 0.15) is 5.82 Å². The summed E-state index contributed by atoms with van der Waals surface area (Å²) in [6.45, 7) is 5.46. The van der Waals surface area contributed by atoms with Gasteiger partial charge in [-0.25, -0.2) is 4.98 Å². The molecule has 0 spiro atoms. The van der Waals surface area contributed by atoms with Gasteiger partial charge in [-0.1, -0.05) is 22.9 Å². The van der Waals surface area contributed by atoms with Crippen LogP contribution in [-0.2, 0) is 13.5 Å². The maximum atomic E-state index is 4.29. The second-order valence-electron chi connectivity index (χ2n) is 4.08. The smallest absolute Gasteiger partial charge is 0.109 e. The Morgan fingerprint density at radius 3 is 2.80 bits per heavy atom. The molecule has 3 nitrogen and oxygen atoms in total. The minimum Gasteiger partial charge on any atom is -0.338 e. The van der Waals surface area contributed by atoms with Crippen LogP contribution in [0.1, 0.15) is 19.7 Å². The quantitative estimate of drug-likeness (QED) is 0.804. The van der Waals surface area contributed by atoms with Crippen molar-refractivity contribution in [3.63, 3.8) is 0 Å². The van der Waals surface area contributed by atoms with Gasteiger partial charge < -0.3 is 9.88 Å². The van der Waals surface area contributed by atoms with Crippen molar-refractivity contribution in [2.45, 2.75) is 26.3 Å². The van der Waals surface area contributed by atoms with E-state index < -0.39 is 0 Å². The molecule has 4 heteroatoms. The van der Waals surface area contributed by atoms with E-state index in [2.05, 4.69) is 44.6 Å². The molecule has 1 N–H and O–H groups in total. The van der Waals surface area contributed by atoms with Crippen LogP contribution in [0.5, 0.6) is 0 Å². The molecular formula is C11H20BrN3. The van der Waals surface area contributed by atoms with Crippen LogP contribution >= 0.6 is 15.9 Å². The lowest BCUT2D eigenvalue weighted by Crippen LogP contribution is -2.34. The Balaban J connectivity index is 2.25. The highest BCUT2D eigenvalue weighted by atomic mass is 79.9. The molecule has 0 fully saturated rings. The van der Waals surface area contributed by atoms with Gasteiger partial charge in [-0.3, -0.25) is 0 Å². The monoisotopic (exact) mass is 273 g/mol. The zero-order chi connectivity index (χ0) is 11.3. The number of hydrogen-bond donors (Lipinski definition) is 1. The summed E-state index contributed by atoms with van der Waals surface area (Å²) >= 11 is 3.50. The topological polar surface area (TPSA) is 29.9 Å². The first kappa shape index (κ1) is 12.7. The third kappa shape index (κ3) is 3.95. The van der Waals surface area contributed by atoms with Gasteiger partial charge in [-0.2, -0.15) is 0 Å². The fourth-order valence-corrected chi connectivity index (χ4v) is 1.94. The molecule has 86 valence electrons. The number of imidazole rings is 1. The zero-order valence-electron chi connectivity index (χ0n) is 9.70. The SMILES string of the molecule is CC(CBr)C(C)NCCc1nccn1C. The van der Waals surface area contributed by atoms with Gasteiger partial charge in [0.25, 0.3) is 0 Å². The van der Waals surface area contributed by atoms with Crippen LogP contribution in [0.15, 0.2) is 12.4 Å². The van der Waals surface area contributed by atoms with Gasteiger partial charge in [-0.15, -0.1) is 0 Å². The van der Waals surface area contributed by atoms with Crippen molar-refractivity contribution >= 4 is 15.9 Å². The highest BCUT2D eigenvalue weighted by Crippen LogP contribution is 2.05. The lowest BCUT2D eigenvalue weighted by atomic mass is 10.1. The third-order valence-electron chi connectivity index (χ3n) is 2.83. The summed E-state index contributed by atoms with van der Waals surface area (Å²) in [6.07, 6.45) is 4.82.